The third kappa shape index (κ3) is 4.28. The van der Waals surface area contributed by atoms with E-state index in [9.17, 15) is 9.59 Å². The van der Waals surface area contributed by atoms with Gasteiger partial charge in [-0.15, -0.1) is 11.3 Å². The van der Waals surface area contributed by atoms with Gasteiger partial charge in [0.1, 0.15) is 16.2 Å². The van der Waals surface area contributed by atoms with Gasteiger partial charge in [0.25, 0.3) is 5.91 Å². The van der Waals surface area contributed by atoms with Gasteiger partial charge in [-0.3, -0.25) is 14.9 Å². The molecule has 0 unspecified atom stereocenters. The molecular weight excluding hydrogens is 366 g/mol. The Balaban J connectivity index is 1.59. The number of nitrogens with zero attached hydrogens (tertiary/aromatic N) is 2. The minimum atomic E-state index is -0.389. The molecule has 0 radical (unpaired) electrons. The molecule has 2 heterocycles. The minimum absolute atomic E-state index is 0.0198. The topological polar surface area (TPSA) is 72.0 Å². The van der Waals surface area contributed by atoms with Crippen molar-refractivity contribution in [1.82, 2.24) is 15.3 Å². The number of thioether (sulfide) groups is 1. The van der Waals surface area contributed by atoms with E-state index in [0.717, 1.165) is 20.8 Å². The van der Waals surface area contributed by atoms with Crippen molar-refractivity contribution in [1.29, 1.82) is 0 Å². The van der Waals surface area contributed by atoms with Crippen LogP contribution >= 0.6 is 23.1 Å². The molecular formula is C19H19N3O2S2. The third-order valence-electron chi connectivity index (χ3n) is 3.83. The summed E-state index contributed by atoms with van der Waals surface area (Å²) in [6, 6.07) is 9.26. The van der Waals surface area contributed by atoms with Crippen molar-refractivity contribution in [3.8, 4) is 0 Å². The number of rotatable bonds is 4. The monoisotopic (exact) mass is 385 g/mol. The first-order chi connectivity index (χ1) is 12.3. The molecule has 0 atom stereocenters. The van der Waals surface area contributed by atoms with Crippen LogP contribution in [-0.2, 0) is 10.2 Å². The summed E-state index contributed by atoms with van der Waals surface area (Å²) in [5, 5.41) is 6.04. The summed E-state index contributed by atoms with van der Waals surface area (Å²) in [5.74, 6) is -0.616. The van der Waals surface area contributed by atoms with Gasteiger partial charge in [-0.25, -0.2) is 9.97 Å². The van der Waals surface area contributed by atoms with E-state index >= 15 is 0 Å². The van der Waals surface area contributed by atoms with Gasteiger partial charge in [0.2, 0.25) is 5.91 Å². The molecule has 0 bridgehead atoms. The molecule has 0 spiro atoms. The highest BCUT2D eigenvalue weighted by Crippen LogP contribution is 2.27. The van der Waals surface area contributed by atoms with Gasteiger partial charge in [-0.2, -0.15) is 0 Å². The zero-order valence-electron chi connectivity index (χ0n) is 14.8. The van der Waals surface area contributed by atoms with E-state index in [1.165, 1.54) is 29.4 Å². The number of nitrogens with one attached hydrogen (secondary N) is 1. The first kappa shape index (κ1) is 18.5. The predicted octanol–water partition coefficient (Wildman–Crippen LogP) is 4.04. The zero-order chi connectivity index (χ0) is 18.7. The second kappa shape index (κ2) is 7.55. The van der Waals surface area contributed by atoms with E-state index in [0.29, 0.717) is 5.56 Å². The number of imide groups is 1. The molecule has 0 fully saturated rings. The molecule has 0 aliphatic rings. The molecule has 0 saturated carbocycles. The maximum Gasteiger partial charge on any atom is 0.257 e. The Bertz CT molecular complexity index is 943. The largest absolute Gasteiger partial charge is 0.292 e. The van der Waals surface area contributed by atoms with Crippen LogP contribution in [0.5, 0.6) is 0 Å². The Labute approximate surface area is 160 Å². The van der Waals surface area contributed by atoms with Crippen molar-refractivity contribution in [2.24, 2.45) is 0 Å². The molecule has 134 valence electrons. The van der Waals surface area contributed by atoms with E-state index in [-0.39, 0.29) is 23.0 Å². The first-order valence-corrected chi connectivity index (χ1v) is 9.97. The molecule has 7 heteroatoms. The summed E-state index contributed by atoms with van der Waals surface area (Å²) < 4.78 is 0. The van der Waals surface area contributed by atoms with Crippen LogP contribution in [-0.4, -0.2) is 27.5 Å². The van der Waals surface area contributed by atoms with E-state index in [1.54, 1.807) is 12.1 Å². The average Bonchev–Trinajstić information content (AvgIpc) is 3.08. The summed E-state index contributed by atoms with van der Waals surface area (Å²) in [5.41, 5.74) is 1.63. The molecule has 2 amide bonds. The maximum atomic E-state index is 12.2. The number of fused-ring (bicyclic) bond motifs is 1. The number of benzene rings is 1. The zero-order valence-corrected chi connectivity index (χ0v) is 16.4. The van der Waals surface area contributed by atoms with Gasteiger partial charge in [0.05, 0.1) is 5.75 Å². The van der Waals surface area contributed by atoms with Crippen molar-refractivity contribution in [2.75, 3.05) is 5.75 Å². The lowest BCUT2D eigenvalue weighted by Crippen LogP contribution is -2.31. The fourth-order valence-electron chi connectivity index (χ4n) is 2.37. The van der Waals surface area contributed by atoms with Crippen LogP contribution in [0.15, 0.2) is 47.1 Å². The summed E-state index contributed by atoms with van der Waals surface area (Å²) in [6.07, 6.45) is 1.49. The highest BCUT2D eigenvalue weighted by molar-refractivity contribution is 8.00. The number of thiophene rings is 1. The van der Waals surface area contributed by atoms with Gasteiger partial charge in [-0.1, -0.05) is 44.7 Å². The van der Waals surface area contributed by atoms with Gasteiger partial charge < -0.3 is 0 Å². The Kier molecular flexibility index (Phi) is 5.38. The molecule has 2 aromatic heterocycles. The molecule has 3 rings (SSSR count). The van der Waals surface area contributed by atoms with E-state index in [1.807, 2.05) is 23.6 Å². The van der Waals surface area contributed by atoms with E-state index in [4.69, 9.17) is 0 Å². The summed E-state index contributed by atoms with van der Waals surface area (Å²) in [6.45, 7) is 6.33. The number of carbonyl (C=O) groups excluding carboxylic acids is 2. The number of hydrogen-bond acceptors (Lipinski definition) is 6. The first-order valence-electron chi connectivity index (χ1n) is 8.10. The highest BCUT2D eigenvalue weighted by Gasteiger charge is 2.16. The van der Waals surface area contributed by atoms with Crippen LogP contribution in [0.4, 0.5) is 0 Å². The fraction of sp³-hybridized carbons (Fsp3) is 0.263. The SMILES string of the molecule is CC(C)(C)c1ccc(C(=O)NC(=O)CSc2ncnc3sccc23)cc1. The molecule has 0 saturated heterocycles. The Hall–Kier alpha value is -2.25. The maximum absolute atomic E-state index is 12.2. The molecule has 5 nitrogen and oxygen atoms in total. The molecule has 1 aromatic carbocycles. The smallest absolute Gasteiger partial charge is 0.257 e. The van der Waals surface area contributed by atoms with Crippen LogP contribution in [0, 0.1) is 0 Å². The van der Waals surface area contributed by atoms with Crippen molar-refractivity contribution in [2.45, 2.75) is 31.2 Å². The van der Waals surface area contributed by atoms with Gasteiger partial charge in [0, 0.05) is 10.9 Å². The van der Waals surface area contributed by atoms with E-state index in [2.05, 4.69) is 36.1 Å². The standard InChI is InChI=1S/C19H19N3O2S2/c1-19(2,3)13-6-4-12(5-7-13)16(24)22-15(23)10-26-18-14-8-9-25-17(14)20-11-21-18/h4-9,11H,10H2,1-3H3,(H,22,23,24). The molecule has 26 heavy (non-hydrogen) atoms. The van der Waals surface area contributed by atoms with Crippen molar-refractivity contribution in [3.63, 3.8) is 0 Å². The number of hydrogen-bond donors (Lipinski definition) is 1. The summed E-state index contributed by atoms with van der Waals surface area (Å²) in [7, 11) is 0. The van der Waals surface area contributed by atoms with Gasteiger partial charge in [0.15, 0.2) is 0 Å². The summed E-state index contributed by atoms with van der Waals surface area (Å²) in [4.78, 5) is 33.6. The highest BCUT2D eigenvalue weighted by atomic mass is 32.2. The number of amides is 2. The lowest BCUT2D eigenvalue weighted by atomic mass is 9.87. The molecule has 3 aromatic rings. The number of aromatic nitrogens is 2. The normalized spacial score (nSPS) is 11.5. The van der Waals surface area contributed by atoms with E-state index < -0.39 is 0 Å². The predicted molar refractivity (Wildman–Crippen MR) is 106 cm³/mol. The molecule has 1 N–H and O–H groups in total. The minimum Gasteiger partial charge on any atom is -0.292 e. The second-order valence-electron chi connectivity index (χ2n) is 6.81. The van der Waals surface area contributed by atoms with Crippen molar-refractivity contribution in [3.05, 3.63) is 53.2 Å². The van der Waals surface area contributed by atoms with Crippen LogP contribution in [0.25, 0.3) is 10.2 Å². The van der Waals surface area contributed by atoms with Crippen LogP contribution in [0.3, 0.4) is 0 Å². The van der Waals surface area contributed by atoms with Crippen LogP contribution in [0.1, 0.15) is 36.7 Å². The van der Waals surface area contributed by atoms with Crippen molar-refractivity contribution < 1.29 is 9.59 Å². The molecule has 0 aliphatic heterocycles. The Morgan fingerprint density at radius 3 is 2.54 bits per heavy atom. The van der Waals surface area contributed by atoms with Crippen molar-refractivity contribution >= 4 is 45.1 Å². The fourth-order valence-corrected chi connectivity index (χ4v) is 3.95. The van der Waals surface area contributed by atoms with Gasteiger partial charge in [-0.05, 0) is 34.6 Å². The quantitative estimate of drug-likeness (QED) is 0.542. The lowest BCUT2D eigenvalue weighted by molar-refractivity contribution is -0.117. The van der Waals surface area contributed by atoms with Crippen LogP contribution in [0.2, 0.25) is 0 Å². The second-order valence-corrected chi connectivity index (χ2v) is 8.67. The van der Waals surface area contributed by atoms with Crippen LogP contribution < -0.4 is 5.32 Å². The Morgan fingerprint density at radius 2 is 1.85 bits per heavy atom. The lowest BCUT2D eigenvalue weighted by Gasteiger charge is -2.18. The Morgan fingerprint density at radius 1 is 1.12 bits per heavy atom. The third-order valence-corrected chi connectivity index (χ3v) is 5.66. The average molecular weight is 386 g/mol. The number of carbonyl (C=O) groups is 2. The van der Waals surface area contributed by atoms with Gasteiger partial charge >= 0.3 is 0 Å². The molecule has 0 aliphatic carbocycles. The summed E-state index contributed by atoms with van der Waals surface area (Å²) >= 11 is 2.82.